The summed E-state index contributed by atoms with van der Waals surface area (Å²) >= 11 is 13.5. The van der Waals surface area contributed by atoms with Gasteiger partial charge in [-0.2, -0.15) is 5.10 Å². The minimum absolute atomic E-state index is 0.259. The smallest absolute Gasteiger partial charge is 0.284 e. The molecule has 0 saturated carbocycles. The highest BCUT2D eigenvalue weighted by Gasteiger charge is 2.20. The van der Waals surface area contributed by atoms with Crippen LogP contribution in [0.1, 0.15) is 9.80 Å². The summed E-state index contributed by atoms with van der Waals surface area (Å²) in [5.74, 6) is -0.359. The number of carbonyl (C=O) groups is 1. The number of nitrogens with one attached hydrogen (secondary N) is 1. The van der Waals surface area contributed by atoms with Gasteiger partial charge >= 0.3 is 0 Å². The molecule has 1 N–H and O–H groups in total. The van der Waals surface area contributed by atoms with E-state index in [2.05, 4.69) is 15.4 Å². The van der Waals surface area contributed by atoms with Crippen LogP contribution < -0.4 is 5.32 Å². The van der Waals surface area contributed by atoms with E-state index in [9.17, 15) is 4.79 Å². The van der Waals surface area contributed by atoms with Gasteiger partial charge in [-0.3, -0.25) is 4.79 Å². The molecule has 4 aromatic rings. The fourth-order valence-electron chi connectivity index (χ4n) is 2.42. The van der Waals surface area contributed by atoms with Gasteiger partial charge in [0.1, 0.15) is 10.0 Å². The zero-order valence-electron chi connectivity index (χ0n) is 12.6. The van der Waals surface area contributed by atoms with E-state index < -0.39 is 0 Å². The zero-order valence-corrected chi connectivity index (χ0v) is 14.9. The fourth-order valence-corrected chi connectivity index (χ4v) is 3.67. The van der Waals surface area contributed by atoms with Crippen molar-refractivity contribution in [3.8, 4) is 11.3 Å². The maximum Gasteiger partial charge on any atom is 0.284 e. The van der Waals surface area contributed by atoms with Gasteiger partial charge in [0.25, 0.3) is 5.91 Å². The second-order valence-electron chi connectivity index (χ2n) is 5.16. The normalized spacial score (nSPS) is 11.0. The number of pyridine rings is 1. The number of anilines is 1. The minimum Gasteiger partial charge on any atom is -0.319 e. The Bertz CT molecular complexity index is 1090. The van der Waals surface area contributed by atoms with Crippen LogP contribution in [0.25, 0.3) is 16.8 Å². The molecule has 0 aliphatic heterocycles. The van der Waals surface area contributed by atoms with E-state index in [0.717, 1.165) is 22.4 Å². The Labute approximate surface area is 156 Å². The summed E-state index contributed by atoms with van der Waals surface area (Å²) in [5, 5.41) is 7.74. The third-order valence-electron chi connectivity index (χ3n) is 3.58. The van der Waals surface area contributed by atoms with E-state index >= 15 is 0 Å². The average molecular weight is 389 g/mol. The lowest BCUT2D eigenvalue weighted by Crippen LogP contribution is -2.11. The molecule has 0 atom stereocenters. The molecule has 25 heavy (non-hydrogen) atoms. The van der Waals surface area contributed by atoms with Gasteiger partial charge < -0.3 is 5.32 Å². The maximum absolute atomic E-state index is 12.5. The molecule has 0 saturated heterocycles. The number of hydrogen-bond acceptors (Lipinski definition) is 4. The molecule has 0 aliphatic carbocycles. The highest BCUT2D eigenvalue weighted by atomic mass is 35.5. The summed E-state index contributed by atoms with van der Waals surface area (Å²) in [6.45, 7) is 0. The largest absolute Gasteiger partial charge is 0.319 e. The lowest BCUT2D eigenvalue weighted by molar-refractivity contribution is 0.102. The Balaban J connectivity index is 1.69. The third kappa shape index (κ3) is 3.00. The van der Waals surface area contributed by atoms with Crippen LogP contribution in [-0.4, -0.2) is 20.5 Å². The van der Waals surface area contributed by atoms with Gasteiger partial charge in [0, 0.05) is 11.8 Å². The first-order valence-corrected chi connectivity index (χ1v) is 8.85. The summed E-state index contributed by atoms with van der Waals surface area (Å²) in [4.78, 5) is 16.9. The van der Waals surface area contributed by atoms with Crippen molar-refractivity contribution in [1.29, 1.82) is 0 Å². The molecule has 3 aromatic heterocycles. The molecule has 0 fully saturated rings. The average Bonchev–Trinajstić information content (AvgIpc) is 3.20. The quantitative estimate of drug-likeness (QED) is 0.536. The number of amides is 1. The summed E-state index contributed by atoms with van der Waals surface area (Å²) < 4.78 is 2.16. The number of fused-ring (bicyclic) bond motifs is 1. The molecule has 4 rings (SSSR count). The predicted molar refractivity (Wildman–Crippen MR) is 101 cm³/mol. The Hall–Kier alpha value is -2.41. The number of rotatable bonds is 3. The number of aromatic nitrogens is 3. The number of thiazole rings is 1. The van der Waals surface area contributed by atoms with Crippen molar-refractivity contribution in [2.24, 2.45) is 0 Å². The van der Waals surface area contributed by atoms with Crippen LogP contribution in [0.2, 0.25) is 9.36 Å². The van der Waals surface area contributed by atoms with Gasteiger partial charge in [0.2, 0.25) is 0 Å². The summed E-state index contributed by atoms with van der Waals surface area (Å²) in [5.41, 5.74) is 2.71. The number of nitrogens with zero attached hydrogens (tertiary/aromatic N) is 3. The van der Waals surface area contributed by atoms with Crippen LogP contribution in [0.4, 0.5) is 5.69 Å². The van der Waals surface area contributed by atoms with Gasteiger partial charge in [-0.15, -0.1) is 0 Å². The molecule has 0 spiro atoms. The SMILES string of the molecule is O=C(Nc1ccccc1Cl)c1nc(-c2cnn3ccccc23)c(Cl)s1. The molecule has 0 aliphatic rings. The van der Waals surface area contributed by atoms with Crippen molar-refractivity contribution in [2.75, 3.05) is 5.32 Å². The number of benzene rings is 1. The van der Waals surface area contributed by atoms with Crippen LogP contribution in [-0.2, 0) is 0 Å². The second-order valence-corrected chi connectivity index (χ2v) is 7.17. The molecule has 0 radical (unpaired) electrons. The lowest BCUT2D eigenvalue weighted by atomic mass is 10.2. The van der Waals surface area contributed by atoms with E-state index in [1.54, 1.807) is 35.0 Å². The van der Waals surface area contributed by atoms with E-state index in [4.69, 9.17) is 23.2 Å². The molecule has 3 heterocycles. The Morgan fingerprint density at radius 3 is 2.76 bits per heavy atom. The summed E-state index contributed by atoms with van der Waals surface area (Å²) in [6.07, 6.45) is 3.52. The number of hydrogen-bond donors (Lipinski definition) is 1. The molecule has 5 nitrogen and oxygen atoms in total. The molecule has 124 valence electrons. The first kappa shape index (κ1) is 16.1. The van der Waals surface area contributed by atoms with E-state index in [1.807, 2.05) is 24.4 Å². The van der Waals surface area contributed by atoms with E-state index in [0.29, 0.717) is 20.7 Å². The van der Waals surface area contributed by atoms with Gasteiger partial charge in [-0.1, -0.05) is 52.7 Å². The van der Waals surface area contributed by atoms with Crippen molar-refractivity contribution in [3.63, 3.8) is 0 Å². The fraction of sp³-hybridized carbons (Fsp3) is 0. The Kier molecular flexibility index (Phi) is 4.17. The van der Waals surface area contributed by atoms with Gasteiger partial charge in [-0.05, 0) is 24.3 Å². The standard InChI is InChI=1S/C17H10Cl2N4OS/c18-11-5-1-2-6-12(11)21-16(24)17-22-14(15(19)25-17)10-9-20-23-8-4-3-7-13(10)23/h1-9H,(H,21,24). The number of halogens is 2. The molecule has 0 unspecified atom stereocenters. The van der Waals surface area contributed by atoms with Gasteiger partial charge in [0.05, 0.1) is 22.4 Å². The number of para-hydroxylation sites is 1. The van der Waals surface area contributed by atoms with E-state index in [1.165, 1.54) is 0 Å². The van der Waals surface area contributed by atoms with Crippen molar-refractivity contribution in [1.82, 2.24) is 14.6 Å². The predicted octanol–water partition coefficient (Wildman–Crippen LogP) is 5.02. The molecule has 1 aromatic carbocycles. The van der Waals surface area contributed by atoms with E-state index in [-0.39, 0.29) is 10.9 Å². The first-order valence-electron chi connectivity index (χ1n) is 7.28. The van der Waals surface area contributed by atoms with Crippen molar-refractivity contribution >= 4 is 51.6 Å². The maximum atomic E-state index is 12.5. The molecule has 1 amide bonds. The van der Waals surface area contributed by atoms with Gasteiger partial charge in [0.15, 0.2) is 5.01 Å². The highest BCUT2D eigenvalue weighted by molar-refractivity contribution is 7.18. The van der Waals surface area contributed by atoms with Crippen molar-refractivity contribution in [2.45, 2.75) is 0 Å². The van der Waals surface area contributed by atoms with Crippen molar-refractivity contribution in [3.05, 3.63) is 69.2 Å². The molecule has 0 bridgehead atoms. The summed E-state index contributed by atoms with van der Waals surface area (Å²) in [6, 6.07) is 12.7. The molecular formula is C17H10Cl2N4OS. The number of carbonyl (C=O) groups excluding carboxylic acids is 1. The lowest BCUT2D eigenvalue weighted by Gasteiger charge is -2.04. The van der Waals surface area contributed by atoms with Crippen LogP contribution in [0, 0.1) is 0 Å². The minimum atomic E-state index is -0.359. The van der Waals surface area contributed by atoms with Crippen LogP contribution >= 0.6 is 34.5 Å². The van der Waals surface area contributed by atoms with Crippen LogP contribution in [0.3, 0.4) is 0 Å². The monoisotopic (exact) mass is 388 g/mol. The molecular weight excluding hydrogens is 379 g/mol. The van der Waals surface area contributed by atoms with Gasteiger partial charge in [-0.25, -0.2) is 9.50 Å². The van der Waals surface area contributed by atoms with Crippen molar-refractivity contribution < 1.29 is 4.79 Å². The second kappa shape index (κ2) is 6.48. The topological polar surface area (TPSA) is 59.3 Å². The van der Waals surface area contributed by atoms with Crippen LogP contribution in [0.5, 0.6) is 0 Å². The zero-order chi connectivity index (χ0) is 17.4. The molecule has 8 heteroatoms. The highest BCUT2D eigenvalue weighted by Crippen LogP contribution is 2.35. The Morgan fingerprint density at radius 1 is 1.12 bits per heavy atom. The Morgan fingerprint density at radius 2 is 1.92 bits per heavy atom. The first-order chi connectivity index (χ1) is 12.1. The summed E-state index contributed by atoms with van der Waals surface area (Å²) in [7, 11) is 0. The third-order valence-corrected chi connectivity index (χ3v) is 5.17. The van der Waals surface area contributed by atoms with Crippen LogP contribution in [0.15, 0.2) is 54.9 Å².